The third-order valence-corrected chi connectivity index (χ3v) is 10.5. The molecule has 0 aromatic rings. The molecule has 0 amide bonds. The van der Waals surface area contributed by atoms with E-state index in [9.17, 15) is 29.5 Å². The highest BCUT2D eigenvalue weighted by molar-refractivity contribution is 7.46. The van der Waals surface area contributed by atoms with Gasteiger partial charge in [0.2, 0.25) is 0 Å². The second-order valence-corrected chi connectivity index (χ2v) is 16.2. The Morgan fingerprint density at radius 1 is 0.722 bits per heavy atom. The van der Waals surface area contributed by atoms with Gasteiger partial charge in [0.25, 0.3) is 0 Å². The second-order valence-electron chi connectivity index (χ2n) is 14.9. The minimum absolute atomic E-state index is 0.0826. The molecule has 1 rings (SSSR count). The van der Waals surface area contributed by atoms with E-state index in [0.717, 1.165) is 83.5 Å². The second kappa shape index (κ2) is 32.3. The van der Waals surface area contributed by atoms with Crippen LogP contribution in [0.5, 0.6) is 0 Å². The Labute approximate surface area is 326 Å². The molecule has 0 unspecified atom stereocenters. The fourth-order valence-electron chi connectivity index (χ4n) is 6.79. The van der Waals surface area contributed by atoms with Gasteiger partial charge in [-0.1, -0.05) is 127 Å². The van der Waals surface area contributed by atoms with E-state index in [1.165, 1.54) is 25.7 Å². The summed E-state index contributed by atoms with van der Waals surface area (Å²) in [7, 11) is -4.82. The summed E-state index contributed by atoms with van der Waals surface area (Å²) in [6, 6.07) is 0. The molecule has 1 fully saturated rings. The quantitative estimate of drug-likeness (QED) is 0.0182. The zero-order chi connectivity index (χ0) is 39.9. The van der Waals surface area contributed by atoms with Gasteiger partial charge in [-0.05, 0) is 63.7 Å². The summed E-state index contributed by atoms with van der Waals surface area (Å²) in [5, 5.41) is 31.3. The number of hydrogen-bond acceptors (Lipinski definition) is 9. The lowest BCUT2D eigenvalue weighted by atomic mass is 9.88. The molecule has 0 saturated heterocycles. The van der Waals surface area contributed by atoms with Crippen LogP contribution in [0, 0.1) is 11.8 Å². The van der Waals surface area contributed by atoms with Crippen LogP contribution in [0.25, 0.3) is 0 Å². The fraction of sp³-hybridized carbons (Fsp3) is 0.810. The van der Waals surface area contributed by atoms with E-state index in [-0.39, 0.29) is 31.3 Å². The fourth-order valence-corrected chi connectivity index (χ4v) is 7.15. The van der Waals surface area contributed by atoms with Crippen LogP contribution in [-0.2, 0) is 28.2 Å². The van der Waals surface area contributed by atoms with Gasteiger partial charge in [-0.15, -0.1) is 0 Å². The van der Waals surface area contributed by atoms with Crippen molar-refractivity contribution in [2.24, 2.45) is 11.8 Å². The zero-order valence-electron chi connectivity index (χ0n) is 33.4. The van der Waals surface area contributed by atoms with Crippen molar-refractivity contribution < 1.29 is 53.3 Å². The van der Waals surface area contributed by atoms with Crippen LogP contribution in [0.4, 0.5) is 0 Å². The first-order valence-corrected chi connectivity index (χ1v) is 22.6. The maximum Gasteiger partial charge on any atom is 0.469 e. The number of hydrogen-bond donors (Lipinski definition) is 5. The summed E-state index contributed by atoms with van der Waals surface area (Å²) in [5.41, 5.74) is 0. The molecule has 0 aromatic carbocycles. The van der Waals surface area contributed by atoms with Crippen LogP contribution in [-0.4, -0.2) is 74.7 Å². The number of carbonyl (C=O) groups is 2. The molecule has 54 heavy (non-hydrogen) atoms. The smallest absolute Gasteiger partial charge is 0.462 e. The van der Waals surface area contributed by atoms with E-state index in [0.29, 0.717) is 32.1 Å². The van der Waals surface area contributed by atoms with Crippen LogP contribution in [0.1, 0.15) is 168 Å². The molecule has 0 aromatic heterocycles. The Balaban J connectivity index is 2.27. The van der Waals surface area contributed by atoms with E-state index in [2.05, 4.69) is 42.7 Å². The first-order chi connectivity index (χ1) is 26.0. The van der Waals surface area contributed by atoms with Crippen molar-refractivity contribution in [3.05, 3.63) is 36.5 Å². The molecule has 5 N–H and O–H groups in total. The predicted octanol–water partition coefficient (Wildman–Crippen LogP) is 8.95. The highest BCUT2D eigenvalue weighted by atomic mass is 31.2. The van der Waals surface area contributed by atoms with Gasteiger partial charge in [0, 0.05) is 25.2 Å². The Hall–Kier alpha value is -1.85. The number of ether oxygens (including phenoxy) is 2. The van der Waals surface area contributed by atoms with Crippen molar-refractivity contribution in [1.82, 2.24) is 0 Å². The topological polar surface area (TPSA) is 180 Å². The lowest BCUT2D eigenvalue weighted by molar-refractivity contribution is -0.161. The molecule has 12 heteroatoms. The summed E-state index contributed by atoms with van der Waals surface area (Å²) in [4.78, 5) is 43.1. The number of phosphoric ester groups is 1. The number of esters is 2. The summed E-state index contributed by atoms with van der Waals surface area (Å²) < 4.78 is 26.4. The Morgan fingerprint density at radius 2 is 1.30 bits per heavy atom. The van der Waals surface area contributed by atoms with E-state index < -0.39 is 50.8 Å². The predicted molar refractivity (Wildman–Crippen MR) is 213 cm³/mol. The lowest BCUT2D eigenvalue weighted by Gasteiger charge is -2.21. The van der Waals surface area contributed by atoms with Crippen LogP contribution in [0.15, 0.2) is 36.5 Å². The molecule has 1 saturated carbocycles. The first kappa shape index (κ1) is 50.2. The molecule has 0 spiro atoms. The average Bonchev–Trinajstić information content (AvgIpc) is 3.40. The molecule has 11 nitrogen and oxygen atoms in total. The molecule has 0 aliphatic heterocycles. The maximum atomic E-state index is 12.5. The molecule has 0 heterocycles. The van der Waals surface area contributed by atoms with Crippen LogP contribution in [0.3, 0.4) is 0 Å². The van der Waals surface area contributed by atoms with Gasteiger partial charge in [-0.3, -0.25) is 14.1 Å². The van der Waals surface area contributed by atoms with E-state index >= 15 is 0 Å². The standard InChI is InChI=1S/C42H75O11P/c1-3-5-7-8-9-10-11-12-13-14-15-16-17-18-19-24-28-41(46)51-33-36(34-52-54(48,49)50)53-42(47)29-25-21-20-23-27-37-38(40(45)32-39(37)44)31-30-35(43)26-22-6-4-2/h9-10,12-13,30-31,35-40,43-45H,3-8,11,14-29,32-34H2,1-2H3,(H2,48,49,50)/b10-9-,13-12-,31-30+/t35-,36+,37+,38+,39-,40+/m0/s1. The number of allylic oxidation sites excluding steroid dienone is 4. The lowest BCUT2D eigenvalue weighted by Crippen LogP contribution is -2.29. The molecule has 6 atom stereocenters. The van der Waals surface area contributed by atoms with Gasteiger partial charge in [0.15, 0.2) is 6.10 Å². The molecule has 1 aliphatic rings. The van der Waals surface area contributed by atoms with E-state index in [4.69, 9.17) is 19.3 Å². The summed E-state index contributed by atoms with van der Waals surface area (Å²) in [6.07, 6.45) is 30.7. The third-order valence-electron chi connectivity index (χ3n) is 9.98. The molecular formula is C42H75O11P. The number of unbranched alkanes of at least 4 members (excludes halogenated alkanes) is 14. The van der Waals surface area contributed by atoms with Gasteiger partial charge < -0.3 is 34.6 Å². The van der Waals surface area contributed by atoms with Crippen molar-refractivity contribution in [3.63, 3.8) is 0 Å². The van der Waals surface area contributed by atoms with Gasteiger partial charge >= 0.3 is 19.8 Å². The normalized spacial score (nSPS) is 20.4. The number of carbonyl (C=O) groups excluding carboxylic acids is 2. The third kappa shape index (κ3) is 27.7. The highest BCUT2D eigenvalue weighted by Crippen LogP contribution is 2.38. The molecule has 0 radical (unpaired) electrons. The van der Waals surface area contributed by atoms with E-state index in [1.54, 1.807) is 6.08 Å². The molecule has 314 valence electrons. The van der Waals surface area contributed by atoms with Crippen molar-refractivity contribution in [1.29, 1.82) is 0 Å². The zero-order valence-corrected chi connectivity index (χ0v) is 34.3. The van der Waals surface area contributed by atoms with Crippen LogP contribution >= 0.6 is 7.82 Å². The van der Waals surface area contributed by atoms with E-state index in [1.807, 2.05) is 6.08 Å². The first-order valence-electron chi connectivity index (χ1n) is 21.0. The summed E-state index contributed by atoms with van der Waals surface area (Å²) in [6.45, 7) is 3.37. The van der Waals surface area contributed by atoms with Crippen molar-refractivity contribution in [2.45, 2.75) is 192 Å². The number of aliphatic hydroxyl groups excluding tert-OH is 3. The molecular weight excluding hydrogens is 711 g/mol. The Bertz CT molecular complexity index is 1090. The number of rotatable bonds is 34. The molecule has 0 bridgehead atoms. The van der Waals surface area contributed by atoms with Crippen molar-refractivity contribution in [3.8, 4) is 0 Å². The van der Waals surface area contributed by atoms with Gasteiger partial charge in [-0.25, -0.2) is 4.57 Å². The Kier molecular flexibility index (Phi) is 30.0. The molecule has 1 aliphatic carbocycles. The van der Waals surface area contributed by atoms with Crippen molar-refractivity contribution in [2.75, 3.05) is 13.2 Å². The van der Waals surface area contributed by atoms with Crippen LogP contribution < -0.4 is 0 Å². The monoisotopic (exact) mass is 787 g/mol. The highest BCUT2D eigenvalue weighted by Gasteiger charge is 2.39. The van der Waals surface area contributed by atoms with Gasteiger partial charge in [-0.2, -0.15) is 0 Å². The largest absolute Gasteiger partial charge is 0.469 e. The number of aliphatic hydroxyl groups is 3. The summed E-state index contributed by atoms with van der Waals surface area (Å²) in [5.74, 6) is -1.34. The minimum Gasteiger partial charge on any atom is -0.462 e. The number of phosphoric acid groups is 1. The van der Waals surface area contributed by atoms with Crippen molar-refractivity contribution >= 4 is 19.8 Å². The Morgan fingerprint density at radius 3 is 1.94 bits per heavy atom. The maximum absolute atomic E-state index is 12.5. The van der Waals surface area contributed by atoms with Gasteiger partial charge in [0.05, 0.1) is 24.9 Å². The minimum atomic E-state index is -4.82. The van der Waals surface area contributed by atoms with Gasteiger partial charge in [0.1, 0.15) is 6.61 Å². The van der Waals surface area contributed by atoms with Crippen LogP contribution in [0.2, 0.25) is 0 Å². The SMILES string of the molecule is CCCCC/C=C\C/C=C\CCCCCCCCC(=O)OC[C@H](COP(=O)(O)O)OC(=O)CCCCCC[C@@H]1[C@@H](/C=C/[C@@H](O)CCCCC)[C@H](O)C[C@@H]1O. The summed E-state index contributed by atoms with van der Waals surface area (Å²) >= 11 is 0. The average molecular weight is 787 g/mol.